The molecule has 121 valence electrons. The van der Waals surface area contributed by atoms with Crippen molar-refractivity contribution in [2.75, 3.05) is 13.1 Å². The van der Waals surface area contributed by atoms with Gasteiger partial charge in [0, 0.05) is 18.6 Å². The van der Waals surface area contributed by atoms with Crippen LogP contribution in [0.3, 0.4) is 0 Å². The maximum Gasteiger partial charge on any atom is 0 e. The Morgan fingerprint density at radius 1 is 1.05 bits per heavy atom. The van der Waals surface area contributed by atoms with Crippen molar-refractivity contribution in [2.24, 2.45) is 0 Å². The molecule has 0 heterocycles. The first-order valence-corrected chi connectivity index (χ1v) is 6.22. The van der Waals surface area contributed by atoms with Crippen molar-refractivity contribution in [1.82, 2.24) is 4.90 Å². The molecule has 2 rings (SSSR count). The van der Waals surface area contributed by atoms with Gasteiger partial charge in [0.05, 0.1) is 0 Å². The average Bonchev–Trinajstić information content (AvgIpc) is 2.96. The predicted molar refractivity (Wildman–Crippen MR) is 74.3 cm³/mol. The largest absolute Gasteiger partial charge is 1.00 e. The van der Waals surface area contributed by atoms with Gasteiger partial charge in [0.25, 0.3) is 0 Å². The summed E-state index contributed by atoms with van der Waals surface area (Å²) < 4.78 is 0. The van der Waals surface area contributed by atoms with E-state index >= 15 is 0 Å². The molecular formula is C16H21Cl3NV-5. The molecule has 1 radical (unpaired) electrons. The van der Waals surface area contributed by atoms with E-state index in [0.29, 0.717) is 0 Å². The van der Waals surface area contributed by atoms with Gasteiger partial charge in [-0.3, -0.25) is 6.08 Å². The number of hydrogen-bond acceptors (Lipinski definition) is 1. The number of halogens is 3. The van der Waals surface area contributed by atoms with E-state index < -0.39 is 0 Å². The van der Waals surface area contributed by atoms with Gasteiger partial charge in [0.1, 0.15) is 0 Å². The van der Waals surface area contributed by atoms with Gasteiger partial charge >= 0.3 is 0 Å². The van der Waals surface area contributed by atoms with Gasteiger partial charge in [-0.2, -0.15) is 23.8 Å². The minimum Gasteiger partial charge on any atom is -1.00 e. The molecule has 0 saturated carbocycles. The van der Waals surface area contributed by atoms with Crippen LogP contribution in [0, 0.1) is 12.6 Å². The molecule has 0 fully saturated rings. The molecule has 0 aliphatic heterocycles. The maximum absolute atomic E-state index is 2.99. The molecule has 0 amide bonds. The van der Waals surface area contributed by atoms with Crippen LogP contribution in [0.1, 0.15) is 25.8 Å². The van der Waals surface area contributed by atoms with E-state index in [2.05, 4.69) is 61.7 Å². The zero-order chi connectivity index (χ0) is 12.3. The van der Waals surface area contributed by atoms with Crippen LogP contribution in [-0.4, -0.2) is 18.0 Å². The Balaban J connectivity index is -0.000000140. The molecule has 0 spiro atoms. The average molecular weight is 385 g/mol. The van der Waals surface area contributed by atoms with E-state index in [-0.39, 0.29) is 55.8 Å². The summed E-state index contributed by atoms with van der Waals surface area (Å²) in [6, 6.07) is 10.4. The molecule has 0 bridgehead atoms. The summed E-state index contributed by atoms with van der Waals surface area (Å²) in [6.45, 7) is 8.68. The third-order valence-corrected chi connectivity index (χ3v) is 2.53. The minimum atomic E-state index is 0. The van der Waals surface area contributed by atoms with Crippen LogP contribution >= 0.6 is 0 Å². The number of allylic oxidation sites excluding steroid dienone is 4. The Labute approximate surface area is 160 Å². The van der Waals surface area contributed by atoms with Crippen LogP contribution in [0.25, 0.3) is 0 Å². The summed E-state index contributed by atoms with van der Waals surface area (Å²) in [5.74, 6) is 0. The van der Waals surface area contributed by atoms with E-state index in [9.17, 15) is 0 Å². The van der Waals surface area contributed by atoms with Crippen LogP contribution in [-0.2, 0) is 18.6 Å². The monoisotopic (exact) mass is 383 g/mol. The molecule has 0 aromatic heterocycles. The second kappa shape index (κ2) is 20.0. The number of benzene rings is 1. The van der Waals surface area contributed by atoms with Crippen molar-refractivity contribution in [2.45, 2.75) is 20.3 Å². The Bertz CT molecular complexity index is 342. The van der Waals surface area contributed by atoms with Gasteiger partial charge in [-0.15, -0.1) is 25.1 Å². The predicted octanol–water partition coefficient (Wildman–Crippen LogP) is -5.15. The first kappa shape index (κ1) is 29.1. The second-order valence-corrected chi connectivity index (χ2v) is 3.76. The minimum absolute atomic E-state index is 0. The zero-order valence-corrected chi connectivity index (χ0v) is 16.0. The van der Waals surface area contributed by atoms with Gasteiger partial charge < -0.3 is 42.1 Å². The molecule has 0 saturated heterocycles. The third-order valence-electron chi connectivity index (χ3n) is 2.53. The summed E-state index contributed by atoms with van der Waals surface area (Å²) in [5, 5.41) is 0. The summed E-state index contributed by atoms with van der Waals surface area (Å²) in [7, 11) is 0. The number of nitrogens with zero attached hydrogens (tertiary/aromatic N) is 1. The van der Waals surface area contributed by atoms with E-state index in [0.717, 1.165) is 19.5 Å². The van der Waals surface area contributed by atoms with Crippen molar-refractivity contribution in [3.05, 3.63) is 66.7 Å². The third kappa shape index (κ3) is 14.7. The summed E-state index contributed by atoms with van der Waals surface area (Å²) >= 11 is 0. The van der Waals surface area contributed by atoms with E-state index in [1.165, 1.54) is 5.56 Å². The Morgan fingerprint density at radius 3 is 1.95 bits per heavy atom. The van der Waals surface area contributed by atoms with E-state index in [4.69, 9.17) is 0 Å². The summed E-state index contributed by atoms with van der Waals surface area (Å²) in [5.41, 5.74) is 1.28. The van der Waals surface area contributed by atoms with Gasteiger partial charge in [-0.25, -0.2) is 12.2 Å². The van der Waals surface area contributed by atoms with Crippen molar-refractivity contribution in [3.63, 3.8) is 0 Å². The van der Waals surface area contributed by atoms with Crippen molar-refractivity contribution < 1.29 is 55.8 Å². The van der Waals surface area contributed by atoms with Crippen molar-refractivity contribution in [1.29, 1.82) is 0 Å². The fourth-order valence-corrected chi connectivity index (χ4v) is 1.50. The second-order valence-electron chi connectivity index (χ2n) is 3.76. The molecule has 1 aromatic carbocycles. The molecule has 1 aliphatic carbocycles. The fraction of sp³-hybridized carbons (Fsp3) is 0.312. The topological polar surface area (TPSA) is 3.24 Å². The summed E-state index contributed by atoms with van der Waals surface area (Å²) in [4.78, 5) is 2.29. The molecule has 0 N–H and O–H groups in total. The fourth-order valence-electron chi connectivity index (χ4n) is 1.50. The molecule has 0 unspecified atom stereocenters. The Morgan fingerprint density at radius 2 is 1.62 bits per heavy atom. The molecular weight excluding hydrogens is 363 g/mol. The van der Waals surface area contributed by atoms with Crippen LogP contribution in [0.5, 0.6) is 0 Å². The SMILES string of the molecule is CCN([CH-]c1ccccc1)CC.[C-]1=CC=CC1.[Cl-].[Cl-].[Cl-].[V]. The van der Waals surface area contributed by atoms with Crippen molar-refractivity contribution in [3.8, 4) is 0 Å². The Hall–Kier alpha value is -0.0156. The van der Waals surface area contributed by atoms with E-state index in [1.54, 1.807) is 0 Å². The van der Waals surface area contributed by atoms with Crippen LogP contribution < -0.4 is 37.2 Å². The zero-order valence-electron chi connectivity index (χ0n) is 12.3. The number of rotatable bonds is 4. The van der Waals surface area contributed by atoms with Gasteiger partial charge in [0.15, 0.2) is 0 Å². The first-order valence-electron chi connectivity index (χ1n) is 6.22. The standard InChI is InChI=1S/C11H16N.C5H5.3ClH.V/c1-3-12(4-2)10-11-8-6-5-7-9-11;1-2-4-5-3-1;;;;/h5-10H,3-4H2,1-2H3;1-3H,4H2;3*1H;/q2*-1;;;;/p-3. The normalized spacial score (nSPS) is 10.0. The van der Waals surface area contributed by atoms with Gasteiger partial charge in [-0.05, 0) is 13.1 Å². The Kier molecular flexibility index (Phi) is 27.6. The molecule has 1 aliphatic rings. The maximum atomic E-state index is 2.99. The smallest absolute Gasteiger partial charge is 0 e. The van der Waals surface area contributed by atoms with Crippen LogP contribution in [0.4, 0.5) is 0 Å². The van der Waals surface area contributed by atoms with Gasteiger partial charge in [-0.1, -0.05) is 19.9 Å². The summed E-state index contributed by atoms with van der Waals surface area (Å²) in [6.07, 6.45) is 10.0. The molecule has 21 heavy (non-hydrogen) atoms. The van der Waals surface area contributed by atoms with Crippen molar-refractivity contribution >= 4 is 0 Å². The van der Waals surface area contributed by atoms with E-state index in [1.807, 2.05) is 18.2 Å². The van der Waals surface area contributed by atoms with Crippen LogP contribution in [0.2, 0.25) is 0 Å². The molecule has 1 nitrogen and oxygen atoms in total. The molecule has 1 aromatic rings. The van der Waals surface area contributed by atoms with Crippen LogP contribution in [0.15, 0.2) is 48.6 Å². The number of hydrogen-bond donors (Lipinski definition) is 0. The molecule has 5 heteroatoms. The quantitative estimate of drug-likeness (QED) is 0.470. The van der Waals surface area contributed by atoms with Gasteiger partial charge in [0.2, 0.25) is 0 Å². The molecule has 0 atom stereocenters. The first-order chi connectivity index (χ1) is 8.36.